The molecule has 0 unspecified atom stereocenters. The van der Waals surface area contributed by atoms with Crippen molar-refractivity contribution in [1.29, 1.82) is 0 Å². The lowest BCUT2D eigenvalue weighted by molar-refractivity contribution is 0.0591. The highest BCUT2D eigenvalue weighted by molar-refractivity contribution is 6.02. The van der Waals surface area contributed by atoms with Gasteiger partial charge in [-0.05, 0) is 70.5 Å². The summed E-state index contributed by atoms with van der Waals surface area (Å²) in [4.78, 5) is 79.7. The number of carbonyl (C=O) groups excluding carboxylic acids is 6. The van der Waals surface area contributed by atoms with Crippen LogP contribution in [0.2, 0.25) is 0 Å². The van der Waals surface area contributed by atoms with E-state index in [2.05, 4.69) is 26.7 Å². The fourth-order valence-corrected chi connectivity index (χ4v) is 4.04. The van der Waals surface area contributed by atoms with Gasteiger partial charge in [0.1, 0.15) is 11.4 Å². The van der Waals surface area contributed by atoms with Crippen molar-refractivity contribution in [3.8, 4) is 0 Å². The van der Waals surface area contributed by atoms with Gasteiger partial charge < -0.3 is 9.47 Å². The largest absolute Gasteiger partial charge is 0.465 e. The van der Waals surface area contributed by atoms with E-state index in [0.717, 1.165) is 0 Å². The average Bonchev–Trinajstić information content (AvgIpc) is 3.03. The molecule has 2 aromatic carbocycles. The summed E-state index contributed by atoms with van der Waals surface area (Å²) in [5, 5.41) is 0. The molecule has 0 spiro atoms. The Morgan fingerprint density at radius 3 is 1.17 bits per heavy atom. The molecular weight excluding hydrogens is 594 g/mol. The number of methoxy groups -OCH3 is 2. The quantitative estimate of drug-likeness (QED) is 0.234. The summed E-state index contributed by atoms with van der Waals surface area (Å²) in [6.45, 7) is 11.5. The van der Waals surface area contributed by atoms with E-state index in [-0.39, 0.29) is 33.6 Å². The van der Waals surface area contributed by atoms with Crippen molar-refractivity contribution in [1.82, 2.24) is 26.7 Å². The molecule has 13 heteroatoms. The minimum atomic E-state index is -0.832. The van der Waals surface area contributed by atoms with E-state index in [0.29, 0.717) is 11.1 Å². The normalized spacial score (nSPS) is 11.1. The van der Waals surface area contributed by atoms with Crippen molar-refractivity contribution in [2.24, 2.45) is 0 Å². The van der Waals surface area contributed by atoms with Crippen LogP contribution in [0.5, 0.6) is 0 Å². The number of nitrogens with zero attached hydrogens (tertiary/aromatic N) is 1. The Bertz CT molecular complexity index is 1580. The molecule has 3 rings (SSSR count). The van der Waals surface area contributed by atoms with E-state index in [1.54, 1.807) is 24.3 Å². The Morgan fingerprint density at radius 2 is 0.848 bits per heavy atom. The lowest BCUT2D eigenvalue weighted by Gasteiger charge is -2.21. The number of carbonyl (C=O) groups is 6. The zero-order valence-electron chi connectivity index (χ0n) is 26.9. The fraction of sp³-hybridized carbons (Fsp3) is 0.303. The van der Waals surface area contributed by atoms with Gasteiger partial charge in [-0.25, -0.2) is 14.6 Å². The number of amides is 4. The Balaban J connectivity index is 1.70. The molecule has 0 aliphatic heterocycles. The number of ether oxygens (including phenoxy) is 2. The molecule has 3 aromatic rings. The summed E-state index contributed by atoms with van der Waals surface area (Å²) in [5.41, 5.74) is 9.78. The molecule has 0 saturated carbocycles. The smallest absolute Gasteiger partial charge is 0.337 e. The van der Waals surface area contributed by atoms with Crippen LogP contribution in [0.3, 0.4) is 0 Å². The molecule has 1 heterocycles. The van der Waals surface area contributed by atoms with E-state index < -0.39 is 46.4 Å². The van der Waals surface area contributed by atoms with Gasteiger partial charge in [-0.3, -0.25) is 40.9 Å². The standard InChI is InChI=1S/C33H37N5O8/c1-32(2,3)22-14-18(12-20(16-22)30(43)45-7)26(39)35-37-28(41)24-10-9-11-25(34-24)29(42)38-36-27(40)19-13-21(31(44)46-8)17-23(15-19)33(4,5)6/h9-17H,1-8H3,(H,35,39)(H,36,40)(H,37,41)(H,38,42). The third kappa shape index (κ3) is 8.74. The van der Waals surface area contributed by atoms with Gasteiger partial charge in [0, 0.05) is 11.1 Å². The minimum Gasteiger partial charge on any atom is -0.465 e. The summed E-state index contributed by atoms with van der Waals surface area (Å²) in [6, 6.07) is 13.2. The topological polar surface area (TPSA) is 182 Å². The van der Waals surface area contributed by atoms with Gasteiger partial charge in [0.05, 0.1) is 25.3 Å². The summed E-state index contributed by atoms with van der Waals surface area (Å²) in [6.07, 6.45) is 0. The van der Waals surface area contributed by atoms with E-state index in [4.69, 9.17) is 9.47 Å². The fourth-order valence-electron chi connectivity index (χ4n) is 4.04. The lowest BCUT2D eigenvalue weighted by atomic mass is 9.85. The Hall–Kier alpha value is -5.59. The first-order chi connectivity index (χ1) is 21.4. The number of hydrogen-bond acceptors (Lipinski definition) is 9. The zero-order valence-corrected chi connectivity index (χ0v) is 26.9. The number of aromatic nitrogens is 1. The molecule has 0 atom stereocenters. The van der Waals surface area contributed by atoms with E-state index in [9.17, 15) is 28.8 Å². The first-order valence-corrected chi connectivity index (χ1v) is 14.1. The molecule has 1 aromatic heterocycles. The molecule has 0 fully saturated rings. The minimum absolute atomic E-state index is 0.108. The highest BCUT2D eigenvalue weighted by Crippen LogP contribution is 2.26. The highest BCUT2D eigenvalue weighted by Gasteiger charge is 2.22. The lowest BCUT2D eigenvalue weighted by Crippen LogP contribution is -2.43. The maximum Gasteiger partial charge on any atom is 0.337 e. The van der Waals surface area contributed by atoms with Crippen LogP contribution in [0.15, 0.2) is 54.6 Å². The predicted octanol–water partition coefficient (Wildman–Crippen LogP) is 3.40. The van der Waals surface area contributed by atoms with E-state index in [1.807, 2.05) is 41.5 Å². The third-order valence-corrected chi connectivity index (χ3v) is 6.76. The van der Waals surface area contributed by atoms with Gasteiger partial charge in [-0.15, -0.1) is 0 Å². The number of rotatable bonds is 6. The third-order valence-electron chi connectivity index (χ3n) is 6.76. The molecule has 0 saturated heterocycles. The summed E-state index contributed by atoms with van der Waals surface area (Å²) >= 11 is 0. The van der Waals surface area contributed by atoms with Gasteiger partial charge in [0.25, 0.3) is 23.6 Å². The van der Waals surface area contributed by atoms with Crippen molar-refractivity contribution in [3.05, 3.63) is 99.4 Å². The highest BCUT2D eigenvalue weighted by atomic mass is 16.5. The van der Waals surface area contributed by atoms with Gasteiger partial charge in [-0.1, -0.05) is 47.6 Å². The van der Waals surface area contributed by atoms with E-state index in [1.165, 1.54) is 44.6 Å². The number of benzene rings is 2. The molecule has 13 nitrogen and oxygen atoms in total. The molecule has 0 radical (unpaired) electrons. The molecule has 0 aliphatic carbocycles. The SMILES string of the molecule is COC(=O)c1cc(C(=O)NNC(=O)c2cccc(C(=O)NNC(=O)c3cc(C(=O)OC)cc(C(C)(C)C)c3)n2)cc(C(C)(C)C)c1. The van der Waals surface area contributed by atoms with Crippen LogP contribution in [0.25, 0.3) is 0 Å². The summed E-state index contributed by atoms with van der Waals surface area (Å²) < 4.78 is 9.58. The van der Waals surface area contributed by atoms with Crippen molar-refractivity contribution in [2.75, 3.05) is 14.2 Å². The second kappa shape index (κ2) is 14.0. The monoisotopic (exact) mass is 631 g/mol. The van der Waals surface area contributed by atoms with Crippen LogP contribution in [-0.4, -0.2) is 54.8 Å². The number of esters is 2. The number of hydrazine groups is 2. The molecule has 0 aliphatic rings. The van der Waals surface area contributed by atoms with Crippen LogP contribution in [-0.2, 0) is 20.3 Å². The van der Waals surface area contributed by atoms with Gasteiger partial charge in [-0.2, -0.15) is 0 Å². The maximum absolute atomic E-state index is 12.9. The zero-order chi connectivity index (χ0) is 34.4. The number of pyridine rings is 1. The second-order valence-corrected chi connectivity index (χ2v) is 12.3. The van der Waals surface area contributed by atoms with Gasteiger partial charge in [0.2, 0.25) is 0 Å². The number of hydrogen-bond donors (Lipinski definition) is 4. The van der Waals surface area contributed by atoms with Crippen LogP contribution in [0, 0.1) is 0 Å². The first-order valence-electron chi connectivity index (χ1n) is 14.1. The summed E-state index contributed by atoms with van der Waals surface area (Å²) in [5.74, 6) is -4.31. The van der Waals surface area contributed by atoms with Crippen molar-refractivity contribution in [2.45, 2.75) is 52.4 Å². The van der Waals surface area contributed by atoms with Gasteiger partial charge >= 0.3 is 11.9 Å². The second-order valence-electron chi connectivity index (χ2n) is 12.3. The Kier molecular flexibility index (Phi) is 10.6. The predicted molar refractivity (Wildman–Crippen MR) is 167 cm³/mol. The van der Waals surface area contributed by atoms with Gasteiger partial charge in [0.15, 0.2) is 0 Å². The molecule has 4 amide bonds. The molecule has 4 N–H and O–H groups in total. The van der Waals surface area contributed by atoms with Crippen LogP contribution in [0.1, 0.15) is 115 Å². The molecule has 0 bridgehead atoms. The van der Waals surface area contributed by atoms with Crippen LogP contribution >= 0.6 is 0 Å². The van der Waals surface area contributed by atoms with Crippen molar-refractivity contribution >= 4 is 35.6 Å². The molecular formula is C33H37N5O8. The van der Waals surface area contributed by atoms with Crippen molar-refractivity contribution in [3.63, 3.8) is 0 Å². The molecule has 242 valence electrons. The van der Waals surface area contributed by atoms with Crippen LogP contribution in [0.4, 0.5) is 0 Å². The maximum atomic E-state index is 12.9. The summed E-state index contributed by atoms with van der Waals surface area (Å²) in [7, 11) is 2.46. The van der Waals surface area contributed by atoms with Crippen LogP contribution < -0.4 is 21.7 Å². The average molecular weight is 632 g/mol. The number of nitrogens with one attached hydrogen (secondary N) is 4. The molecule has 46 heavy (non-hydrogen) atoms. The first kappa shape index (κ1) is 34.9. The Morgan fingerprint density at radius 1 is 0.522 bits per heavy atom. The Labute approximate surface area is 266 Å². The van der Waals surface area contributed by atoms with E-state index >= 15 is 0 Å². The van der Waals surface area contributed by atoms with Crippen molar-refractivity contribution < 1.29 is 38.2 Å².